The zero-order valence-electron chi connectivity index (χ0n) is 16.1. The zero-order chi connectivity index (χ0) is 19.7. The average molecular weight is 414 g/mol. The van der Waals surface area contributed by atoms with Crippen LogP contribution in [0.2, 0.25) is 0 Å². The topological polar surface area (TPSA) is 74.8 Å². The first-order valence-corrected chi connectivity index (χ1v) is 11.5. The molecular weight excluding hydrogens is 390 g/mol. The van der Waals surface area contributed by atoms with Crippen molar-refractivity contribution in [2.24, 2.45) is 0 Å². The SMILES string of the molecule is Cc1ccc(NC(=O)CSCc2nc3sc4c(c3c(=O)[nH]2)CCCC4)c(C)c1. The van der Waals surface area contributed by atoms with Crippen molar-refractivity contribution in [1.82, 2.24) is 9.97 Å². The average Bonchev–Trinajstić information content (AvgIpc) is 3.03. The fraction of sp³-hybridized carbons (Fsp3) is 0.381. The van der Waals surface area contributed by atoms with Crippen molar-refractivity contribution in [2.45, 2.75) is 45.3 Å². The van der Waals surface area contributed by atoms with Crippen molar-refractivity contribution in [3.63, 3.8) is 0 Å². The molecule has 28 heavy (non-hydrogen) atoms. The van der Waals surface area contributed by atoms with Gasteiger partial charge in [0.1, 0.15) is 10.7 Å². The molecule has 3 aromatic rings. The van der Waals surface area contributed by atoms with E-state index in [-0.39, 0.29) is 11.5 Å². The minimum Gasteiger partial charge on any atom is -0.325 e. The third-order valence-corrected chi connectivity index (χ3v) is 7.13. The van der Waals surface area contributed by atoms with Gasteiger partial charge in [-0.25, -0.2) is 4.98 Å². The number of hydrogen-bond acceptors (Lipinski definition) is 5. The number of carbonyl (C=O) groups is 1. The van der Waals surface area contributed by atoms with E-state index in [0.29, 0.717) is 17.3 Å². The fourth-order valence-electron chi connectivity index (χ4n) is 3.66. The van der Waals surface area contributed by atoms with Gasteiger partial charge in [0.15, 0.2) is 0 Å². The van der Waals surface area contributed by atoms with Crippen LogP contribution in [0.25, 0.3) is 10.2 Å². The number of aryl methyl sites for hydroxylation is 4. The van der Waals surface area contributed by atoms with Crippen LogP contribution in [0.1, 0.15) is 40.2 Å². The summed E-state index contributed by atoms with van der Waals surface area (Å²) in [4.78, 5) is 34.5. The van der Waals surface area contributed by atoms with E-state index in [1.54, 1.807) is 11.3 Å². The highest BCUT2D eigenvalue weighted by Gasteiger charge is 2.19. The van der Waals surface area contributed by atoms with Crippen molar-refractivity contribution in [3.8, 4) is 0 Å². The maximum atomic E-state index is 12.6. The van der Waals surface area contributed by atoms with E-state index in [9.17, 15) is 9.59 Å². The molecule has 0 saturated carbocycles. The molecule has 0 atom stereocenters. The summed E-state index contributed by atoms with van der Waals surface area (Å²) in [6.45, 7) is 4.02. The Labute approximate surface area is 172 Å². The number of anilines is 1. The summed E-state index contributed by atoms with van der Waals surface area (Å²) in [5.41, 5.74) is 4.22. The van der Waals surface area contributed by atoms with Gasteiger partial charge in [-0.05, 0) is 56.7 Å². The van der Waals surface area contributed by atoms with Crippen LogP contribution in [0, 0.1) is 13.8 Å². The van der Waals surface area contributed by atoms with Crippen molar-refractivity contribution in [3.05, 3.63) is 55.9 Å². The molecule has 5 nitrogen and oxygen atoms in total. The van der Waals surface area contributed by atoms with Crippen molar-refractivity contribution >= 4 is 44.9 Å². The molecule has 2 aromatic heterocycles. The van der Waals surface area contributed by atoms with E-state index < -0.39 is 0 Å². The minimum absolute atomic E-state index is 0.0419. The van der Waals surface area contributed by atoms with Gasteiger partial charge in [0.25, 0.3) is 5.56 Å². The van der Waals surface area contributed by atoms with Crippen LogP contribution in [0.4, 0.5) is 5.69 Å². The number of H-pyrrole nitrogens is 1. The number of aromatic amines is 1. The van der Waals surface area contributed by atoms with E-state index in [4.69, 9.17) is 0 Å². The molecule has 0 saturated heterocycles. The quantitative estimate of drug-likeness (QED) is 0.652. The van der Waals surface area contributed by atoms with Crippen LogP contribution < -0.4 is 10.9 Å². The van der Waals surface area contributed by atoms with Crippen molar-refractivity contribution in [1.29, 1.82) is 0 Å². The van der Waals surface area contributed by atoms with Gasteiger partial charge in [-0.2, -0.15) is 0 Å². The summed E-state index contributed by atoms with van der Waals surface area (Å²) < 4.78 is 0. The molecule has 1 aromatic carbocycles. The number of aromatic nitrogens is 2. The lowest BCUT2D eigenvalue weighted by Crippen LogP contribution is -2.16. The maximum absolute atomic E-state index is 12.6. The van der Waals surface area contributed by atoms with Crippen LogP contribution in [0.3, 0.4) is 0 Å². The molecule has 1 aliphatic rings. The molecule has 1 amide bonds. The summed E-state index contributed by atoms with van der Waals surface area (Å²) in [7, 11) is 0. The van der Waals surface area contributed by atoms with Crippen molar-refractivity contribution in [2.75, 3.05) is 11.1 Å². The number of carbonyl (C=O) groups excluding carboxylic acids is 1. The van der Waals surface area contributed by atoms with Crippen molar-refractivity contribution < 1.29 is 4.79 Å². The van der Waals surface area contributed by atoms with Gasteiger partial charge in [0, 0.05) is 10.6 Å². The predicted octanol–water partition coefficient (Wildman–Crippen LogP) is 4.35. The number of amides is 1. The van der Waals surface area contributed by atoms with Gasteiger partial charge in [-0.15, -0.1) is 23.1 Å². The summed E-state index contributed by atoms with van der Waals surface area (Å²) in [6, 6.07) is 5.96. The van der Waals surface area contributed by atoms with Crippen LogP contribution >= 0.6 is 23.1 Å². The zero-order valence-corrected chi connectivity index (χ0v) is 17.7. The Morgan fingerprint density at radius 2 is 2.11 bits per heavy atom. The molecule has 0 fully saturated rings. The number of nitrogens with one attached hydrogen (secondary N) is 2. The molecule has 0 radical (unpaired) electrons. The molecular formula is C21H23N3O2S2. The first kappa shape index (κ1) is 19.2. The Bertz CT molecular complexity index is 1100. The smallest absolute Gasteiger partial charge is 0.259 e. The Hall–Kier alpha value is -2.12. The monoisotopic (exact) mass is 413 g/mol. The summed E-state index contributed by atoms with van der Waals surface area (Å²) in [5.74, 6) is 1.41. The molecule has 7 heteroatoms. The largest absolute Gasteiger partial charge is 0.325 e. The van der Waals surface area contributed by atoms with Crippen LogP contribution in [-0.2, 0) is 23.4 Å². The number of rotatable bonds is 5. The molecule has 0 unspecified atom stereocenters. The van der Waals surface area contributed by atoms with Crippen LogP contribution in [0.15, 0.2) is 23.0 Å². The Morgan fingerprint density at radius 1 is 1.29 bits per heavy atom. The standard InChI is InChI=1S/C21H23N3O2S2/c1-12-7-8-15(13(2)9-12)22-18(25)11-27-10-17-23-20(26)19-14-5-3-4-6-16(14)28-21(19)24-17/h7-9H,3-6,10-11H2,1-2H3,(H,22,25)(H,23,24,26). The van der Waals surface area contributed by atoms with Crippen LogP contribution in [-0.4, -0.2) is 21.6 Å². The van der Waals surface area contributed by atoms with E-state index in [1.165, 1.54) is 34.2 Å². The third-order valence-electron chi connectivity index (χ3n) is 5.00. The van der Waals surface area contributed by atoms with Gasteiger partial charge in [-0.3, -0.25) is 9.59 Å². The molecule has 2 heterocycles. The number of nitrogens with zero attached hydrogens (tertiary/aromatic N) is 1. The summed E-state index contributed by atoms with van der Waals surface area (Å²) in [5, 5.41) is 3.73. The fourth-order valence-corrected chi connectivity index (χ4v) is 5.63. The maximum Gasteiger partial charge on any atom is 0.259 e. The number of benzene rings is 1. The lowest BCUT2D eigenvalue weighted by atomic mass is 9.97. The van der Waals surface area contributed by atoms with Gasteiger partial charge in [0.05, 0.1) is 16.9 Å². The normalized spacial score (nSPS) is 13.5. The molecule has 0 bridgehead atoms. The predicted molar refractivity (Wildman–Crippen MR) is 118 cm³/mol. The molecule has 0 aliphatic heterocycles. The highest BCUT2D eigenvalue weighted by Crippen LogP contribution is 2.33. The second-order valence-electron chi connectivity index (χ2n) is 7.26. The van der Waals surface area contributed by atoms with Crippen LogP contribution in [0.5, 0.6) is 0 Å². The lowest BCUT2D eigenvalue weighted by molar-refractivity contribution is -0.113. The van der Waals surface area contributed by atoms with E-state index >= 15 is 0 Å². The molecule has 4 rings (SSSR count). The second kappa shape index (κ2) is 8.09. The second-order valence-corrected chi connectivity index (χ2v) is 9.33. The Kier molecular flexibility index (Phi) is 5.55. The highest BCUT2D eigenvalue weighted by atomic mass is 32.2. The first-order valence-electron chi connectivity index (χ1n) is 9.49. The first-order chi connectivity index (χ1) is 13.5. The third kappa shape index (κ3) is 4.00. The van der Waals surface area contributed by atoms with Gasteiger partial charge in [0.2, 0.25) is 5.91 Å². The van der Waals surface area contributed by atoms with Gasteiger partial charge >= 0.3 is 0 Å². The minimum atomic E-state index is -0.0491. The Balaban J connectivity index is 1.40. The lowest BCUT2D eigenvalue weighted by Gasteiger charge is -2.09. The van der Waals surface area contributed by atoms with E-state index in [0.717, 1.165) is 40.7 Å². The molecule has 2 N–H and O–H groups in total. The molecule has 0 spiro atoms. The number of hydrogen-bond donors (Lipinski definition) is 2. The Morgan fingerprint density at radius 3 is 2.93 bits per heavy atom. The molecule has 146 valence electrons. The van der Waals surface area contributed by atoms with Gasteiger partial charge < -0.3 is 10.3 Å². The van der Waals surface area contributed by atoms with Gasteiger partial charge in [-0.1, -0.05) is 17.7 Å². The molecule has 1 aliphatic carbocycles. The highest BCUT2D eigenvalue weighted by molar-refractivity contribution is 7.99. The number of thioether (sulfide) groups is 1. The van der Waals surface area contributed by atoms with E-state index in [2.05, 4.69) is 15.3 Å². The number of thiophene rings is 1. The van der Waals surface area contributed by atoms with E-state index in [1.807, 2.05) is 32.0 Å². The summed E-state index contributed by atoms with van der Waals surface area (Å²) in [6.07, 6.45) is 4.37. The summed E-state index contributed by atoms with van der Waals surface area (Å²) >= 11 is 3.11. The number of fused-ring (bicyclic) bond motifs is 3.